The first-order valence-electron chi connectivity index (χ1n) is 14.5. The molecule has 6 atom stereocenters. The second kappa shape index (κ2) is 12.3. The molecule has 4 aliphatic rings. The Bertz CT molecular complexity index is 1110. The van der Waals surface area contributed by atoms with Crippen LogP contribution in [-0.2, 0) is 25.5 Å². The van der Waals surface area contributed by atoms with Crippen LogP contribution in [0, 0.1) is 11.8 Å². The highest BCUT2D eigenvalue weighted by atomic mass is 32.2. The van der Waals surface area contributed by atoms with Crippen molar-refractivity contribution in [3.05, 3.63) is 60.2 Å². The number of fused-ring (bicyclic) bond motifs is 2. The van der Waals surface area contributed by atoms with E-state index in [9.17, 15) is 19.5 Å². The van der Waals surface area contributed by atoms with Crippen LogP contribution in [0.3, 0.4) is 0 Å². The molecule has 8 heteroatoms. The number of aliphatic hydroxyl groups excluding tert-OH is 1. The van der Waals surface area contributed by atoms with Gasteiger partial charge in [0.05, 0.1) is 35.8 Å². The minimum absolute atomic E-state index is 0.0907. The maximum atomic E-state index is 14.5. The Hall–Kier alpha value is -2.58. The zero-order chi connectivity index (χ0) is 27.4. The number of hydrogen-bond donors (Lipinski definition) is 1. The summed E-state index contributed by atoms with van der Waals surface area (Å²) in [5.74, 6) is -2.08. The summed E-state index contributed by atoms with van der Waals surface area (Å²) in [7, 11) is 0. The smallest absolute Gasteiger partial charge is 0.311 e. The molecule has 1 aromatic rings. The van der Waals surface area contributed by atoms with E-state index in [-0.39, 0.29) is 29.6 Å². The zero-order valence-corrected chi connectivity index (χ0v) is 23.6. The monoisotopic (exact) mass is 552 g/mol. The molecule has 0 aromatic heterocycles. The van der Waals surface area contributed by atoms with Crippen LogP contribution in [0.15, 0.2) is 54.6 Å². The van der Waals surface area contributed by atoms with Gasteiger partial charge in [-0.15, -0.1) is 11.8 Å². The summed E-state index contributed by atoms with van der Waals surface area (Å²) in [6.45, 7) is 3.31. The minimum atomic E-state index is -0.898. The number of ether oxygens (including phenoxy) is 1. The van der Waals surface area contributed by atoms with E-state index in [1.165, 1.54) is 0 Å². The largest absolute Gasteiger partial charge is 0.465 e. The summed E-state index contributed by atoms with van der Waals surface area (Å²) in [5, 5.41) is 10.4. The van der Waals surface area contributed by atoms with Crippen LogP contribution in [0.4, 0.5) is 0 Å². The number of carbonyl (C=O) groups is 3. The Morgan fingerprint density at radius 2 is 1.92 bits per heavy atom. The predicted octanol–water partition coefficient (Wildman–Crippen LogP) is 3.76. The van der Waals surface area contributed by atoms with Gasteiger partial charge in [-0.25, -0.2) is 0 Å². The van der Waals surface area contributed by atoms with Crippen LogP contribution >= 0.6 is 11.8 Å². The molecule has 7 nitrogen and oxygen atoms in total. The summed E-state index contributed by atoms with van der Waals surface area (Å²) < 4.78 is 4.80. The van der Waals surface area contributed by atoms with Crippen molar-refractivity contribution in [1.82, 2.24) is 9.80 Å². The molecule has 0 aliphatic carbocycles. The van der Waals surface area contributed by atoms with Crippen molar-refractivity contribution < 1.29 is 24.2 Å². The molecule has 4 aliphatic heterocycles. The van der Waals surface area contributed by atoms with Crippen LogP contribution in [0.25, 0.3) is 0 Å². The molecule has 1 spiro atoms. The number of carbonyl (C=O) groups excluding carboxylic acids is 3. The van der Waals surface area contributed by atoms with Gasteiger partial charge in [-0.05, 0) is 37.7 Å². The third-order valence-corrected chi connectivity index (χ3v) is 10.3. The molecule has 1 aromatic carbocycles. The molecule has 210 valence electrons. The summed E-state index contributed by atoms with van der Waals surface area (Å²) in [4.78, 5) is 45.9. The average Bonchev–Trinajstić information content (AvgIpc) is 3.34. The van der Waals surface area contributed by atoms with E-state index in [0.29, 0.717) is 26.1 Å². The van der Waals surface area contributed by atoms with E-state index in [2.05, 4.69) is 19.1 Å². The van der Waals surface area contributed by atoms with E-state index in [1.54, 1.807) is 16.7 Å². The van der Waals surface area contributed by atoms with Crippen LogP contribution in [-0.4, -0.2) is 81.1 Å². The van der Waals surface area contributed by atoms with Crippen molar-refractivity contribution in [2.45, 2.75) is 74.0 Å². The molecular weight excluding hydrogens is 512 g/mol. The van der Waals surface area contributed by atoms with Crippen LogP contribution < -0.4 is 0 Å². The highest BCUT2D eigenvalue weighted by Gasteiger charge is 2.71. The van der Waals surface area contributed by atoms with Gasteiger partial charge in [0.2, 0.25) is 11.8 Å². The topological polar surface area (TPSA) is 87.2 Å². The van der Waals surface area contributed by atoms with Crippen molar-refractivity contribution in [1.29, 1.82) is 0 Å². The summed E-state index contributed by atoms with van der Waals surface area (Å²) >= 11 is 1.56. The number of nitrogens with zero attached hydrogens (tertiary/aromatic N) is 2. The molecule has 0 bridgehead atoms. The van der Waals surface area contributed by atoms with Crippen molar-refractivity contribution in [3.8, 4) is 0 Å². The Kier molecular flexibility index (Phi) is 8.82. The molecular formula is C31H40N2O5S. The molecule has 4 heterocycles. The SMILES string of the molecule is CCCCCN1CC=C[C@]23S[C@@H]4/C=C\CCCCOC(=O)[C@@H]4[C@H]2C(=O)N([C@@H](CO)Cc2ccccc2)C3C1=O. The number of allylic oxidation sites excluding steroid dienone is 1. The second-order valence-corrected chi connectivity index (χ2v) is 12.6. The van der Waals surface area contributed by atoms with Gasteiger partial charge in [-0.2, -0.15) is 0 Å². The number of likely N-dealkylation sites (tertiary alicyclic amines) is 1. The normalized spacial score (nSPS) is 32.2. The fraction of sp³-hybridized carbons (Fsp3) is 0.581. The lowest BCUT2D eigenvalue weighted by atomic mass is 9.78. The summed E-state index contributed by atoms with van der Waals surface area (Å²) in [6.07, 6.45) is 14.2. The third kappa shape index (κ3) is 5.30. The molecule has 39 heavy (non-hydrogen) atoms. The highest BCUT2D eigenvalue weighted by Crippen LogP contribution is 2.61. The molecule has 1 unspecified atom stereocenters. The molecule has 2 amide bonds. The van der Waals surface area contributed by atoms with E-state index in [4.69, 9.17) is 4.74 Å². The number of aliphatic hydroxyl groups is 1. The Morgan fingerprint density at radius 1 is 1.10 bits per heavy atom. The van der Waals surface area contributed by atoms with E-state index in [1.807, 2.05) is 47.4 Å². The van der Waals surface area contributed by atoms with Gasteiger partial charge in [0.15, 0.2) is 0 Å². The molecule has 5 rings (SSSR count). The first kappa shape index (κ1) is 28.0. The highest BCUT2D eigenvalue weighted by molar-refractivity contribution is 8.02. The minimum Gasteiger partial charge on any atom is -0.465 e. The maximum Gasteiger partial charge on any atom is 0.311 e. The number of rotatable bonds is 8. The van der Waals surface area contributed by atoms with Crippen molar-refractivity contribution in [3.63, 3.8) is 0 Å². The standard InChI is InChI=1S/C31H40N2O5S/c1-2-3-10-17-32-18-12-16-31-26(25-24(39-31)15-9-4-5-11-19-38-30(25)37)28(35)33(27(31)29(32)36)23(21-34)20-22-13-7-6-8-14-22/h6-9,12-16,23-27,34H,2-5,10-11,17-21H2,1H3/b15-9-/t23-,24-,25+,26+,27?,31+/m1/s1. The maximum absolute atomic E-state index is 14.5. The van der Waals surface area contributed by atoms with E-state index >= 15 is 0 Å². The van der Waals surface area contributed by atoms with Gasteiger partial charge in [-0.3, -0.25) is 14.4 Å². The first-order valence-corrected chi connectivity index (χ1v) is 15.3. The number of unbranched alkanes of at least 4 members (excludes halogenated alkanes) is 2. The van der Waals surface area contributed by atoms with E-state index < -0.39 is 28.7 Å². The van der Waals surface area contributed by atoms with Crippen molar-refractivity contribution in [2.24, 2.45) is 11.8 Å². The number of cyclic esters (lactones) is 1. The average molecular weight is 553 g/mol. The lowest BCUT2D eigenvalue weighted by Gasteiger charge is -2.38. The van der Waals surface area contributed by atoms with Crippen LogP contribution in [0.5, 0.6) is 0 Å². The van der Waals surface area contributed by atoms with Crippen LogP contribution in [0.2, 0.25) is 0 Å². The second-order valence-electron chi connectivity index (χ2n) is 11.1. The van der Waals surface area contributed by atoms with Crippen molar-refractivity contribution >= 4 is 29.5 Å². The molecule has 1 N–H and O–H groups in total. The lowest BCUT2D eigenvalue weighted by Crippen LogP contribution is -2.57. The van der Waals surface area contributed by atoms with Gasteiger partial charge in [0.1, 0.15) is 6.04 Å². The van der Waals surface area contributed by atoms with E-state index in [0.717, 1.165) is 44.1 Å². The fourth-order valence-corrected chi connectivity index (χ4v) is 8.67. The fourth-order valence-electron chi connectivity index (χ4n) is 6.69. The quantitative estimate of drug-likeness (QED) is 0.300. The molecule has 0 radical (unpaired) electrons. The Morgan fingerprint density at radius 3 is 2.69 bits per heavy atom. The zero-order valence-electron chi connectivity index (χ0n) is 22.7. The first-order chi connectivity index (χ1) is 19.0. The van der Waals surface area contributed by atoms with Gasteiger partial charge in [0.25, 0.3) is 0 Å². The number of esters is 1. The number of benzene rings is 1. The molecule has 0 saturated carbocycles. The number of amides is 2. The van der Waals surface area contributed by atoms with Crippen LogP contribution in [0.1, 0.15) is 51.0 Å². The molecule has 2 saturated heterocycles. The predicted molar refractivity (Wildman–Crippen MR) is 152 cm³/mol. The Labute approximate surface area is 235 Å². The summed E-state index contributed by atoms with van der Waals surface area (Å²) in [6, 6.07) is 8.37. The number of thioether (sulfide) groups is 1. The van der Waals surface area contributed by atoms with Gasteiger partial charge in [-0.1, -0.05) is 74.4 Å². The lowest BCUT2D eigenvalue weighted by molar-refractivity contribution is -0.153. The van der Waals surface area contributed by atoms with Gasteiger partial charge in [0, 0.05) is 18.3 Å². The number of hydrogen-bond acceptors (Lipinski definition) is 6. The summed E-state index contributed by atoms with van der Waals surface area (Å²) in [5.41, 5.74) is 0.985. The Balaban J connectivity index is 1.57. The molecule has 2 fully saturated rings. The van der Waals surface area contributed by atoms with Gasteiger partial charge < -0.3 is 19.6 Å². The van der Waals surface area contributed by atoms with Crippen molar-refractivity contribution in [2.75, 3.05) is 26.3 Å². The third-order valence-electron chi connectivity index (χ3n) is 8.57. The van der Waals surface area contributed by atoms with Gasteiger partial charge >= 0.3 is 5.97 Å².